The van der Waals surface area contributed by atoms with Crippen molar-refractivity contribution in [2.75, 3.05) is 0 Å². The number of nitrogens with zero attached hydrogens (tertiary/aromatic N) is 1. The Hall–Kier alpha value is -1.32. The van der Waals surface area contributed by atoms with Gasteiger partial charge in [0.05, 0.1) is 0 Å². The van der Waals surface area contributed by atoms with Gasteiger partial charge in [0, 0.05) is 11.3 Å². The van der Waals surface area contributed by atoms with E-state index in [0.717, 1.165) is 17.7 Å². The summed E-state index contributed by atoms with van der Waals surface area (Å²) in [5, 5.41) is 15.5. The van der Waals surface area contributed by atoms with Crippen molar-refractivity contribution >= 4 is 5.97 Å². The molecule has 0 saturated heterocycles. The zero-order valence-electron chi connectivity index (χ0n) is 7.24. The average molecular weight is 178 g/mol. The third kappa shape index (κ3) is 0.709. The minimum atomic E-state index is -0.905. The lowest BCUT2D eigenvalue weighted by atomic mass is 10.1. The van der Waals surface area contributed by atoms with Crippen LogP contribution in [0.25, 0.3) is 0 Å². The number of hydrogen-bond acceptors (Lipinski definition) is 2. The molecule has 0 aliphatic heterocycles. The van der Waals surface area contributed by atoms with Crippen molar-refractivity contribution in [2.45, 2.75) is 19.3 Å². The van der Waals surface area contributed by atoms with Gasteiger partial charge in [0.1, 0.15) is 0 Å². The smallest absolute Gasteiger partial charge is 0.356 e. The molecule has 1 saturated carbocycles. The molecule has 0 spiro atoms. The molecule has 2 N–H and O–H groups in total. The lowest BCUT2D eigenvalue weighted by molar-refractivity contribution is 0.0689. The van der Waals surface area contributed by atoms with Crippen LogP contribution in [0, 0.1) is 11.8 Å². The van der Waals surface area contributed by atoms with Crippen molar-refractivity contribution in [3.63, 3.8) is 0 Å². The van der Waals surface area contributed by atoms with Crippen LogP contribution >= 0.6 is 0 Å². The predicted octanol–water partition coefficient (Wildman–Crippen LogP) is 1.01. The van der Waals surface area contributed by atoms with Gasteiger partial charge in [-0.25, -0.2) is 4.79 Å². The van der Waals surface area contributed by atoms with Crippen molar-refractivity contribution in [1.82, 2.24) is 10.2 Å². The first-order valence-corrected chi connectivity index (χ1v) is 4.50. The summed E-state index contributed by atoms with van der Waals surface area (Å²) in [4.78, 5) is 10.8. The summed E-state index contributed by atoms with van der Waals surface area (Å²) < 4.78 is 0. The van der Waals surface area contributed by atoms with Gasteiger partial charge in [-0.2, -0.15) is 5.10 Å². The summed E-state index contributed by atoms with van der Waals surface area (Å²) in [7, 11) is 0. The maximum atomic E-state index is 10.8. The van der Waals surface area contributed by atoms with Gasteiger partial charge < -0.3 is 5.11 Å². The number of fused-ring (bicyclic) bond motifs is 3. The van der Waals surface area contributed by atoms with Gasteiger partial charge in [-0.1, -0.05) is 6.92 Å². The van der Waals surface area contributed by atoms with E-state index in [1.165, 1.54) is 0 Å². The monoisotopic (exact) mass is 178 g/mol. The van der Waals surface area contributed by atoms with Gasteiger partial charge in [-0.3, -0.25) is 5.10 Å². The third-order valence-corrected chi connectivity index (χ3v) is 3.42. The summed E-state index contributed by atoms with van der Waals surface area (Å²) in [5.74, 6) is 0.905. The van der Waals surface area contributed by atoms with E-state index in [1.807, 2.05) is 0 Å². The molecule has 2 aliphatic rings. The molecule has 0 unspecified atom stereocenters. The van der Waals surface area contributed by atoms with Crippen molar-refractivity contribution in [3.8, 4) is 0 Å². The lowest BCUT2D eigenvalue weighted by Gasteiger charge is -1.96. The first-order chi connectivity index (χ1) is 6.20. The number of nitrogens with one attached hydrogen (secondary N) is 1. The molecule has 3 rings (SSSR count). The minimum Gasteiger partial charge on any atom is -0.476 e. The van der Waals surface area contributed by atoms with Crippen LogP contribution in [0.2, 0.25) is 0 Å². The van der Waals surface area contributed by atoms with Gasteiger partial charge in [0.15, 0.2) is 5.69 Å². The maximum Gasteiger partial charge on any atom is 0.356 e. The number of hydrogen-bond donors (Lipinski definition) is 2. The van der Waals surface area contributed by atoms with Crippen LogP contribution in [0.3, 0.4) is 0 Å². The molecular formula is C9H10N2O2. The third-order valence-electron chi connectivity index (χ3n) is 3.42. The summed E-state index contributed by atoms with van der Waals surface area (Å²) in [6.45, 7) is 2.18. The van der Waals surface area contributed by atoms with Gasteiger partial charge >= 0.3 is 5.97 Å². The summed E-state index contributed by atoms with van der Waals surface area (Å²) in [6, 6.07) is 0. The minimum absolute atomic E-state index is 0.242. The number of carboxylic acid groups (broad SMARTS) is 1. The van der Waals surface area contributed by atoms with E-state index in [0.29, 0.717) is 17.8 Å². The fourth-order valence-corrected chi connectivity index (χ4v) is 2.64. The quantitative estimate of drug-likeness (QED) is 0.674. The van der Waals surface area contributed by atoms with Crippen LogP contribution in [0.1, 0.15) is 34.6 Å². The Morgan fingerprint density at radius 1 is 1.69 bits per heavy atom. The number of aromatic carboxylic acids is 1. The van der Waals surface area contributed by atoms with Crippen molar-refractivity contribution < 1.29 is 9.90 Å². The molecular weight excluding hydrogens is 168 g/mol. The number of carboxylic acids is 1. The largest absolute Gasteiger partial charge is 0.476 e. The van der Waals surface area contributed by atoms with E-state index < -0.39 is 5.97 Å². The Morgan fingerprint density at radius 3 is 3.15 bits per heavy atom. The SMILES string of the molecule is C[C@@H]1[C@H]2Cc3[nH]nc(C(=O)O)c3[C@@H]12. The molecule has 3 atom stereocenters. The van der Waals surface area contributed by atoms with E-state index in [9.17, 15) is 4.79 Å². The highest BCUT2D eigenvalue weighted by molar-refractivity contribution is 5.88. The average Bonchev–Trinajstić information content (AvgIpc) is 2.50. The Morgan fingerprint density at radius 2 is 2.46 bits per heavy atom. The number of rotatable bonds is 1. The molecule has 68 valence electrons. The number of carbonyl (C=O) groups is 1. The van der Waals surface area contributed by atoms with E-state index in [1.54, 1.807) is 0 Å². The summed E-state index contributed by atoms with van der Waals surface area (Å²) >= 11 is 0. The van der Waals surface area contributed by atoms with Crippen molar-refractivity contribution in [1.29, 1.82) is 0 Å². The molecule has 0 aromatic carbocycles. The molecule has 4 nitrogen and oxygen atoms in total. The molecule has 2 aliphatic carbocycles. The van der Waals surface area contributed by atoms with Crippen molar-refractivity contribution in [2.24, 2.45) is 11.8 Å². The second-order valence-electron chi connectivity index (χ2n) is 4.02. The van der Waals surface area contributed by atoms with E-state index in [-0.39, 0.29) is 5.69 Å². The molecule has 4 heteroatoms. The maximum absolute atomic E-state index is 10.8. The van der Waals surface area contributed by atoms with Gasteiger partial charge in [0.2, 0.25) is 0 Å². The molecule has 0 radical (unpaired) electrons. The fourth-order valence-electron chi connectivity index (χ4n) is 2.64. The standard InChI is InChI=1S/C9H10N2O2/c1-3-4-2-5-7(6(3)4)8(9(12)13)11-10-5/h3-4,6H,2H2,1H3,(H,10,11)(H,12,13)/t3-,4-,6+/m1/s1. The van der Waals surface area contributed by atoms with Crippen LogP contribution in [0.4, 0.5) is 0 Å². The van der Waals surface area contributed by atoms with E-state index in [2.05, 4.69) is 17.1 Å². The predicted molar refractivity (Wildman–Crippen MR) is 44.6 cm³/mol. The van der Waals surface area contributed by atoms with Crippen molar-refractivity contribution in [3.05, 3.63) is 17.0 Å². The molecule has 1 aromatic heterocycles. The Bertz CT molecular complexity index is 396. The summed E-state index contributed by atoms with van der Waals surface area (Å²) in [5.41, 5.74) is 2.27. The number of aromatic nitrogens is 2. The molecule has 1 aromatic rings. The van der Waals surface area contributed by atoms with Crippen LogP contribution in [-0.4, -0.2) is 21.3 Å². The van der Waals surface area contributed by atoms with Crippen LogP contribution < -0.4 is 0 Å². The van der Waals surface area contributed by atoms with Crippen LogP contribution in [0.15, 0.2) is 0 Å². The zero-order chi connectivity index (χ0) is 9.16. The highest BCUT2D eigenvalue weighted by Crippen LogP contribution is 2.61. The molecule has 13 heavy (non-hydrogen) atoms. The van der Waals surface area contributed by atoms with E-state index in [4.69, 9.17) is 5.11 Å². The second kappa shape index (κ2) is 1.95. The first-order valence-electron chi connectivity index (χ1n) is 4.50. The van der Waals surface area contributed by atoms with Gasteiger partial charge in [-0.15, -0.1) is 0 Å². The second-order valence-corrected chi connectivity index (χ2v) is 4.02. The molecule has 0 amide bonds. The normalized spacial score (nSPS) is 34.1. The van der Waals surface area contributed by atoms with Gasteiger partial charge in [-0.05, 0) is 24.2 Å². The Kier molecular flexibility index (Phi) is 1.07. The topological polar surface area (TPSA) is 66.0 Å². The zero-order valence-corrected chi connectivity index (χ0v) is 7.24. The molecule has 1 fully saturated rings. The molecule has 0 bridgehead atoms. The highest BCUT2D eigenvalue weighted by Gasteiger charge is 2.55. The number of H-pyrrole nitrogens is 1. The molecule has 1 heterocycles. The summed E-state index contributed by atoms with van der Waals surface area (Å²) in [6.07, 6.45) is 0.988. The Labute approximate surface area is 75.0 Å². The van der Waals surface area contributed by atoms with Crippen LogP contribution in [0.5, 0.6) is 0 Å². The number of aromatic amines is 1. The highest BCUT2D eigenvalue weighted by atomic mass is 16.4. The van der Waals surface area contributed by atoms with E-state index >= 15 is 0 Å². The lowest BCUT2D eigenvalue weighted by Crippen LogP contribution is -2.00. The first kappa shape index (κ1) is 7.12. The Balaban J connectivity index is 2.12. The fraction of sp³-hybridized carbons (Fsp3) is 0.556. The van der Waals surface area contributed by atoms with Gasteiger partial charge in [0.25, 0.3) is 0 Å². The van der Waals surface area contributed by atoms with Crippen LogP contribution in [-0.2, 0) is 6.42 Å².